The molecule has 1 aromatic carbocycles. The lowest BCUT2D eigenvalue weighted by atomic mass is 10.1. The first-order chi connectivity index (χ1) is 14.1. The van der Waals surface area contributed by atoms with Crippen LogP contribution in [0.5, 0.6) is 5.75 Å². The molecule has 1 aliphatic rings. The second kappa shape index (κ2) is 11.9. The minimum atomic E-state index is 0. The maximum absolute atomic E-state index is 5.28. The van der Waals surface area contributed by atoms with Gasteiger partial charge in [0.25, 0.3) is 0 Å². The highest BCUT2D eigenvalue weighted by Crippen LogP contribution is 2.21. The maximum atomic E-state index is 5.28. The summed E-state index contributed by atoms with van der Waals surface area (Å²) in [6, 6.07) is 14.6. The van der Waals surface area contributed by atoms with E-state index in [9.17, 15) is 0 Å². The van der Waals surface area contributed by atoms with Crippen molar-refractivity contribution in [3.63, 3.8) is 0 Å². The van der Waals surface area contributed by atoms with Crippen molar-refractivity contribution in [3.8, 4) is 5.75 Å². The van der Waals surface area contributed by atoms with Crippen molar-refractivity contribution in [1.82, 2.24) is 20.1 Å². The van der Waals surface area contributed by atoms with Gasteiger partial charge in [0.1, 0.15) is 11.6 Å². The molecule has 1 unspecified atom stereocenters. The quantitative estimate of drug-likeness (QED) is 0.357. The third-order valence-corrected chi connectivity index (χ3v) is 5.34. The number of ether oxygens (including phenoxy) is 1. The fraction of sp³-hybridized carbons (Fsp3) is 0.455. The van der Waals surface area contributed by atoms with Crippen molar-refractivity contribution in [1.29, 1.82) is 0 Å². The summed E-state index contributed by atoms with van der Waals surface area (Å²) < 4.78 is 5.28. The van der Waals surface area contributed by atoms with Gasteiger partial charge in [-0.15, -0.1) is 24.0 Å². The Morgan fingerprint density at radius 1 is 1.13 bits per heavy atom. The topological polar surface area (TPSA) is 56.2 Å². The molecule has 0 bridgehead atoms. The molecule has 0 spiro atoms. The maximum Gasteiger partial charge on any atom is 0.193 e. The van der Waals surface area contributed by atoms with Crippen LogP contribution in [0.3, 0.4) is 0 Å². The van der Waals surface area contributed by atoms with Crippen molar-refractivity contribution in [3.05, 3.63) is 54.2 Å². The molecular formula is C22H33IN6O. The van der Waals surface area contributed by atoms with Crippen molar-refractivity contribution in [2.45, 2.75) is 6.04 Å². The molecule has 0 amide bonds. The zero-order valence-corrected chi connectivity index (χ0v) is 20.6. The number of hydrogen-bond donors (Lipinski definition) is 1. The molecule has 30 heavy (non-hydrogen) atoms. The number of nitrogens with zero attached hydrogens (tertiary/aromatic N) is 5. The van der Waals surface area contributed by atoms with Crippen LogP contribution < -0.4 is 15.0 Å². The van der Waals surface area contributed by atoms with Gasteiger partial charge in [-0.1, -0.05) is 18.2 Å². The van der Waals surface area contributed by atoms with E-state index in [4.69, 9.17) is 4.74 Å². The molecule has 8 heteroatoms. The average Bonchev–Trinajstić information content (AvgIpc) is 2.77. The number of guanidine groups is 1. The Kier molecular flexibility index (Phi) is 9.64. The first-order valence-electron chi connectivity index (χ1n) is 10.0. The summed E-state index contributed by atoms with van der Waals surface area (Å²) >= 11 is 0. The second-order valence-corrected chi connectivity index (χ2v) is 7.34. The lowest BCUT2D eigenvalue weighted by Gasteiger charge is -2.37. The fourth-order valence-corrected chi connectivity index (χ4v) is 3.63. The Labute approximate surface area is 197 Å². The molecule has 1 N–H and O–H groups in total. The number of nitrogens with one attached hydrogen (secondary N) is 1. The lowest BCUT2D eigenvalue weighted by Crippen LogP contribution is -2.53. The van der Waals surface area contributed by atoms with Crippen LogP contribution in [0.25, 0.3) is 0 Å². The molecule has 2 heterocycles. The first-order valence-corrected chi connectivity index (χ1v) is 10.0. The van der Waals surface area contributed by atoms with Crippen LogP contribution in [0.1, 0.15) is 11.6 Å². The summed E-state index contributed by atoms with van der Waals surface area (Å²) in [5.41, 5.74) is 1.25. The van der Waals surface area contributed by atoms with Crippen molar-refractivity contribution >= 4 is 35.8 Å². The Morgan fingerprint density at radius 2 is 1.83 bits per heavy atom. The highest BCUT2D eigenvalue weighted by Gasteiger charge is 2.22. The summed E-state index contributed by atoms with van der Waals surface area (Å²) in [7, 11) is 7.75. The number of hydrogen-bond acceptors (Lipinski definition) is 5. The van der Waals surface area contributed by atoms with Gasteiger partial charge in [0, 0.05) is 46.0 Å². The van der Waals surface area contributed by atoms with Gasteiger partial charge in [-0.2, -0.15) is 0 Å². The SMILES string of the molecule is CN=C(NCC(c1ccc(OC)cc1)N(C)C)N1CCN(c2ccccn2)CC1.I. The van der Waals surface area contributed by atoms with Crippen LogP contribution in [-0.2, 0) is 0 Å². The molecule has 1 saturated heterocycles. The molecule has 7 nitrogen and oxygen atoms in total. The number of aromatic nitrogens is 1. The second-order valence-electron chi connectivity index (χ2n) is 7.34. The minimum Gasteiger partial charge on any atom is -0.497 e. The number of aliphatic imine (C=N–C) groups is 1. The van der Waals surface area contributed by atoms with Gasteiger partial charge in [0.15, 0.2) is 5.96 Å². The van der Waals surface area contributed by atoms with E-state index < -0.39 is 0 Å². The molecule has 3 rings (SSSR count). The standard InChI is InChI=1S/C22H32N6O.HI/c1-23-22(28-15-13-27(14-16-28)21-7-5-6-12-24-21)25-17-20(26(2)3)18-8-10-19(29-4)11-9-18;/h5-12,20H,13-17H2,1-4H3,(H,23,25);1H. The van der Waals surface area contributed by atoms with Crippen LogP contribution in [0.4, 0.5) is 5.82 Å². The number of likely N-dealkylation sites (N-methyl/N-ethyl adjacent to an activating group) is 1. The molecule has 1 aliphatic heterocycles. The summed E-state index contributed by atoms with van der Waals surface area (Å²) in [5.74, 6) is 2.87. The molecule has 0 radical (unpaired) electrons. The molecule has 0 saturated carbocycles. The van der Waals surface area contributed by atoms with Gasteiger partial charge in [0.05, 0.1) is 13.2 Å². The van der Waals surface area contributed by atoms with Crippen molar-refractivity contribution in [2.24, 2.45) is 4.99 Å². The third kappa shape index (κ3) is 6.21. The summed E-state index contributed by atoms with van der Waals surface area (Å²) in [6.45, 7) is 4.50. The minimum absolute atomic E-state index is 0. The molecule has 164 valence electrons. The van der Waals surface area contributed by atoms with E-state index in [1.807, 2.05) is 37.5 Å². The molecule has 0 aliphatic carbocycles. The van der Waals surface area contributed by atoms with Gasteiger partial charge in [-0.05, 0) is 43.9 Å². The van der Waals surface area contributed by atoms with E-state index >= 15 is 0 Å². The highest BCUT2D eigenvalue weighted by molar-refractivity contribution is 14.0. The smallest absolute Gasteiger partial charge is 0.193 e. The Bertz CT molecular complexity index is 776. The number of piperazine rings is 1. The zero-order valence-electron chi connectivity index (χ0n) is 18.3. The van der Waals surface area contributed by atoms with Gasteiger partial charge in [-0.25, -0.2) is 4.98 Å². The van der Waals surface area contributed by atoms with Crippen LogP contribution >= 0.6 is 24.0 Å². The normalized spacial score (nSPS) is 15.6. The first kappa shape index (κ1) is 24.2. The van der Waals surface area contributed by atoms with Crippen LogP contribution in [-0.4, -0.2) is 81.7 Å². The van der Waals surface area contributed by atoms with E-state index in [1.54, 1.807) is 7.11 Å². The lowest BCUT2D eigenvalue weighted by molar-refractivity contribution is 0.292. The van der Waals surface area contributed by atoms with E-state index in [0.29, 0.717) is 0 Å². The van der Waals surface area contributed by atoms with Crippen molar-refractivity contribution < 1.29 is 4.74 Å². The fourth-order valence-electron chi connectivity index (χ4n) is 3.63. The predicted octanol–water partition coefficient (Wildman–Crippen LogP) is 2.71. The molecule has 1 atom stereocenters. The number of benzene rings is 1. The van der Waals surface area contributed by atoms with Gasteiger partial charge < -0.3 is 24.8 Å². The van der Waals surface area contributed by atoms with Gasteiger partial charge in [0.2, 0.25) is 0 Å². The average molecular weight is 524 g/mol. The van der Waals surface area contributed by atoms with E-state index in [-0.39, 0.29) is 30.0 Å². The monoisotopic (exact) mass is 524 g/mol. The van der Waals surface area contributed by atoms with Crippen LogP contribution in [0, 0.1) is 0 Å². The number of halogens is 1. The molecule has 1 aromatic heterocycles. The molecular weight excluding hydrogens is 491 g/mol. The Balaban J connectivity index is 0.00000320. The Hall–Kier alpha value is -2.07. The van der Waals surface area contributed by atoms with E-state index in [0.717, 1.165) is 50.3 Å². The largest absolute Gasteiger partial charge is 0.497 e. The number of anilines is 1. The van der Waals surface area contributed by atoms with E-state index in [2.05, 4.69) is 62.3 Å². The third-order valence-electron chi connectivity index (χ3n) is 5.34. The summed E-state index contributed by atoms with van der Waals surface area (Å²) in [6.07, 6.45) is 1.85. The molecule has 1 fully saturated rings. The predicted molar refractivity (Wildman–Crippen MR) is 134 cm³/mol. The van der Waals surface area contributed by atoms with Crippen molar-refractivity contribution in [2.75, 3.05) is 65.9 Å². The summed E-state index contributed by atoms with van der Waals surface area (Å²) in [5, 5.41) is 3.57. The van der Waals surface area contributed by atoms with Crippen LogP contribution in [0.15, 0.2) is 53.7 Å². The Morgan fingerprint density at radius 3 is 2.37 bits per heavy atom. The van der Waals surface area contributed by atoms with E-state index in [1.165, 1.54) is 5.56 Å². The van der Waals surface area contributed by atoms with Gasteiger partial charge in [-0.3, -0.25) is 4.99 Å². The number of rotatable bonds is 6. The number of methoxy groups -OCH3 is 1. The number of pyridine rings is 1. The summed E-state index contributed by atoms with van der Waals surface area (Å²) in [4.78, 5) is 15.9. The zero-order chi connectivity index (χ0) is 20.6. The van der Waals surface area contributed by atoms with Crippen LogP contribution in [0.2, 0.25) is 0 Å². The molecule has 2 aromatic rings. The highest BCUT2D eigenvalue weighted by atomic mass is 127. The van der Waals surface area contributed by atoms with Gasteiger partial charge >= 0.3 is 0 Å².